The van der Waals surface area contributed by atoms with Crippen LogP contribution < -0.4 is 15.2 Å². The first-order valence-corrected chi connectivity index (χ1v) is 6.59. The molecule has 0 aliphatic rings. The minimum Gasteiger partial charge on any atom is -0.493 e. The van der Waals surface area contributed by atoms with Crippen molar-refractivity contribution >= 4 is 5.69 Å². The molecule has 2 aromatic rings. The van der Waals surface area contributed by atoms with Gasteiger partial charge in [0.25, 0.3) is 0 Å². The molecule has 0 aliphatic carbocycles. The minimum atomic E-state index is -0.0179. The molecule has 0 bridgehead atoms. The highest BCUT2D eigenvalue weighted by Gasteiger charge is 2.01. The van der Waals surface area contributed by atoms with E-state index >= 15 is 0 Å². The molecule has 4 heteroatoms. The first kappa shape index (κ1) is 14.2. The van der Waals surface area contributed by atoms with Crippen LogP contribution in [0.1, 0.15) is 12.0 Å². The Morgan fingerprint density at radius 2 is 1.75 bits per heavy atom. The highest BCUT2D eigenvalue weighted by molar-refractivity contribution is 5.43. The molecule has 0 aromatic heterocycles. The van der Waals surface area contributed by atoms with E-state index in [1.807, 2.05) is 42.5 Å². The summed E-state index contributed by atoms with van der Waals surface area (Å²) >= 11 is 0. The first-order chi connectivity index (χ1) is 9.79. The Labute approximate surface area is 118 Å². The Balaban J connectivity index is 1.71. The summed E-state index contributed by atoms with van der Waals surface area (Å²) in [6.07, 6.45) is 0.758. The summed E-state index contributed by atoms with van der Waals surface area (Å²) in [5.74, 6) is 1.49. The number of aliphatic hydroxyl groups excluding tert-OH is 1. The molecule has 0 unspecified atom stereocenters. The second kappa shape index (κ2) is 7.40. The zero-order valence-electron chi connectivity index (χ0n) is 11.3. The lowest BCUT2D eigenvalue weighted by atomic mass is 10.2. The summed E-state index contributed by atoms with van der Waals surface area (Å²) in [6.45, 7) is 1.08. The lowest BCUT2D eigenvalue weighted by Crippen LogP contribution is -2.06. The van der Waals surface area contributed by atoms with Crippen LogP contribution in [0.5, 0.6) is 11.5 Å². The van der Waals surface area contributed by atoms with Gasteiger partial charge in [0.2, 0.25) is 0 Å². The summed E-state index contributed by atoms with van der Waals surface area (Å²) in [6, 6.07) is 14.8. The number of hydrogen-bond donors (Lipinski definition) is 2. The van der Waals surface area contributed by atoms with Crippen molar-refractivity contribution in [2.75, 3.05) is 18.9 Å². The van der Waals surface area contributed by atoms with Gasteiger partial charge >= 0.3 is 0 Å². The van der Waals surface area contributed by atoms with Gasteiger partial charge in [0, 0.05) is 23.7 Å². The largest absolute Gasteiger partial charge is 0.493 e. The Kier molecular flexibility index (Phi) is 5.26. The number of para-hydroxylation sites is 1. The number of rotatable bonds is 7. The number of aliphatic hydroxyl groups is 1. The summed E-state index contributed by atoms with van der Waals surface area (Å²) in [5.41, 5.74) is 7.15. The molecule has 0 heterocycles. The lowest BCUT2D eigenvalue weighted by Gasteiger charge is -2.10. The van der Waals surface area contributed by atoms with Crippen LogP contribution in [0, 0.1) is 0 Å². The van der Waals surface area contributed by atoms with Gasteiger partial charge in [-0.15, -0.1) is 0 Å². The fraction of sp³-hybridized carbons (Fsp3) is 0.250. The molecular weight excluding hydrogens is 254 g/mol. The van der Waals surface area contributed by atoms with E-state index in [1.165, 1.54) is 0 Å². The van der Waals surface area contributed by atoms with E-state index in [-0.39, 0.29) is 6.61 Å². The third-order valence-electron chi connectivity index (χ3n) is 2.82. The zero-order valence-corrected chi connectivity index (χ0v) is 11.3. The van der Waals surface area contributed by atoms with Crippen molar-refractivity contribution in [3.63, 3.8) is 0 Å². The molecular formula is C16H19NO3. The predicted octanol–water partition coefficient (Wildman–Crippen LogP) is 2.61. The van der Waals surface area contributed by atoms with Gasteiger partial charge in [-0.05, 0) is 18.2 Å². The predicted molar refractivity (Wildman–Crippen MR) is 78.8 cm³/mol. The van der Waals surface area contributed by atoms with E-state index in [9.17, 15) is 5.11 Å². The van der Waals surface area contributed by atoms with E-state index in [4.69, 9.17) is 15.2 Å². The Bertz CT molecular complexity index is 543. The van der Waals surface area contributed by atoms with Crippen LogP contribution in [0.25, 0.3) is 0 Å². The van der Waals surface area contributed by atoms with Crippen LogP contribution in [-0.4, -0.2) is 18.3 Å². The Morgan fingerprint density at radius 3 is 2.55 bits per heavy atom. The minimum absolute atomic E-state index is 0.0179. The molecule has 3 N–H and O–H groups in total. The van der Waals surface area contributed by atoms with E-state index in [0.717, 1.165) is 23.5 Å². The number of ether oxygens (including phenoxy) is 2. The van der Waals surface area contributed by atoms with Gasteiger partial charge < -0.3 is 20.3 Å². The number of anilines is 1. The Morgan fingerprint density at radius 1 is 0.950 bits per heavy atom. The van der Waals surface area contributed by atoms with Crippen molar-refractivity contribution in [3.8, 4) is 11.5 Å². The van der Waals surface area contributed by atoms with Crippen molar-refractivity contribution in [3.05, 3.63) is 54.1 Å². The van der Waals surface area contributed by atoms with Gasteiger partial charge in [-0.25, -0.2) is 0 Å². The summed E-state index contributed by atoms with van der Waals surface area (Å²) < 4.78 is 11.2. The zero-order chi connectivity index (χ0) is 14.2. The number of nitrogen functional groups attached to an aromatic ring is 1. The number of hydrogen-bond acceptors (Lipinski definition) is 4. The lowest BCUT2D eigenvalue weighted by molar-refractivity contribution is 0.236. The van der Waals surface area contributed by atoms with Gasteiger partial charge in [-0.2, -0.15) is 0 Å². The highest BCUT2D eigenvalue weighted by Crippen LogP contribution is 2.18. The molecule has 0 amide bonds. The molecule has 2 rings (SSSR count). The van der Waals surface area contributed by atoms with Gasteiger partial charge in [-0.1, -0.05) is 24.3 Å². The van der Waals surface area contributed by atoms with Gasteiger partial charge in [-0.3, -0.25) is 0 Å². The van der Waals surface area contributed by atoms with Crippen molar-refractivity contribution in [1.82, 2.24) is 0 Å². The van der Waals surface area contributed by atoms with Crippen LogP contribution in [0.2, 0.25) is 0 Å². The summed E-state index contributed by atoms with van der Waals surface area (Å²) in [4.78, 5) is 0. The van der Waals surface area contributed by atoms with E-state index in [2.05, 4.69) is 0 Å². The molecule has 0 atom stereocenters. The quantitative estimate of drug-likeness (QED) is 0.601. The van der Waals surface area contributed by atoms with Crippen LogP contribution in [0.4, 0.5) is 5.69 Å². The molecule has 2 aromatic carbocycles. The second-order valence-electron chi connectivity index (χ2n) is 4.39. The molecule has 0 radical (unpaired) electrons. The number of benzene rings is 2. The standard InChI is InChI=1S/C16H19NO3/c17-14-6-3-7-15(11-14)19-9-4-10-20-16-8-2-1-5-13(16)12-18/h1-3,5-8,11,18H,4,9-10,12,17H2. The van der Waals surface area contributed by atoms with Gasteiger partial charge in [0.15, 0.2) is 0 Å². The third kappa shape index (κ3) is 4.17. The Hall–Kier alpha value is -2.20. The van der Waals surface area contributed by atoms with Crippen LogP contribution in [0.15, 0.2) is 48.5 Å². The van der Waals surface area contributed by atoms with Crippen molar-refractivity contribution in [1.29, 1.82) is 0 Å². The van der Waals surface area contributed by atoms with Crippen molar-refractivity contribution < 1.29 is 14.6 Å². The summed E-state index contributed by atoms with van der Waals surface area (Å²) in [7, 11) is 0. The molecule has 4 nitrogen and oxygen atoms in total. The molecule has 20 heavy (non-hydrogen) atoms. The van der Waals surface area contributed by atoms with Gasteiger partial charge in [0.05, 0.1) is 19.8 Å². The van der Waals surface area contributed by atoms with Crippen molar-refractivity contribution in [2.45, 2.75) is 13.0 Å². The molecule has 0 spiro atoms. The molecule has 106 valence electrons. The number of nitrogens with two attached hydrogens (primary N) is 1. The maximum absolute atomic E-state index is 9.18. The van der Waals surface area contributed by atoms with Crippen LogP contribution in [-0.2, 0) is 6.61 Å². The van der Waals surface area contributed by atoms with Crippen LogP contribution >= 0.6 is 0 Å². The average Bonchev–Trinajstić information content (AvgIpc) is 2.47. The highest BCUT2D eigenvalue weighted by atomic mass is 16.5. The monoisotopic (exact) mass is 273 g/mol. The summed E-state index contributed by atoms with van der Waals surface area (Å²) in [5, 5.41) is 9.18. The first-order valence-electron chi connectivity index (χ1n) is 6.59. The topological polar surface area (TPSA) is 64.7 Å². The fourth-order valence-corrected chi connectivity index (χ4v) is 1.81. The van der Waals surface area contributed by atoms with E-state index in [0.29, 0.717) is 18.9 Å². The van der Waals surface area contributed by atoms with Crippen LogP contribution in [0.3, 0.4) is 0 Å². The smallest absolute Gasteiger partial charge is 0.124 e. The molecule has 0 aliphatic heterocycles. The van der Waals surface area contributed by atoms with E-state index in [1.54, 1.807) is 6.07 Å². The van der Waals surface area contributed by atoms with E-state index < -0.39 is 0 Å². The maximum atomic E-state index is 9.18. The normalized spacial score (nSPS) is 10.2. The van der Waals surface area contributed by atoms with Crippen molar-refractivity contribution in [2.24, 2.45) is 0 Å². The molecule has 0 saturated carbocycles. The maximum Gasteiger partial charge on any atom is 0.124 e. The second-order valence-corrected chi connectivity index (χ2v) is 4.39. The third-order valence-corrected chi connectivity index (χ3v) is 2.82. The fourth-order valence-electron chi connectivity index (χ4n) is 1.81. The average molecular weight is 273 g/mol. The SMILES string of the molecule is Nc1cccc(OCCCOc2ccccc2CO)c1. The van der Waals surface area contributed by atoms with Gasteiger partial charge in [0.1, 0.15) is 11.5 Å². The molecule has 0 fully saturated rings. The molecule has 0 saturated heterocycles.